The van der Waals surface area contributed by atoms with Crippen molar-refractivity contribution < 1.29 is 4.79 Å². The molecular formula is C17H13Cl2N3O. The second-order valence-electron chi connectivity index (χ2n) is 4.92. The van der Waals surface area contributed by atoms with Gasteiger partial charge < -0.3 is 0 Å². The van der Waals surface area contributed by atoms with Crippen molar-refractivity contribution in [3.63, 3.8) is 0 Å². The van der Waals surface area contributed by atoms with Gasteiger partial charge in [0.05, 0.1) is 17.3 Å². The maximum atomic E-state index is 12.8. The van der Waals surface area contributed by atoms with Crippen molar-refractivity contribution in [2.45, 2.75) is 6.54 Å². The average Bonchev–Trinajstić information content (AvgIpc) is 3.08. The summed E-state index contributed by atoms with van der Waals surface area (Å²) in [5.41, 5.74) is 1.59. The molecule has 0 saturated heterocycles. The number of hydrogen-bond donors (Lipinski definition) is 0. The Bertz CT molecular complexity index is 804. The van der Waals surface area contributed by atoms with Crippen molar-refractivity contribution in [1.82, 2.24) is 9.55 Å². The summed E-state index contributed by atoms with van der Waals surface area (Å²) < 4.78 is 1.41. The van der Waals surface area contributed by atoms with Crippen molar-refractivity contribution in [3.05, 3.63) is 82.9 Å². The fourth-order valence-electron chi connectivity index (χ4n) is 2.23. The van der Waals surface area contributed by atoms with Gasteiger partial charge in [0.2, 0.25) is 0 Å². The second-order valence-corrected chi connectivity index (χ2v) is 5.76. The summed E-state index contributed by atoms with van der Waals surface area (Å²) in [5, 5.41) is 0.940. The highest BCUT2D eigenvalue weighted by Crippen LogP contribution is 2.30. The van der Waals surface area contributed by atoms with Gasteiger partial charge >= 0.3 is 6.03 Å². The summed E-state index contributed by atoms with van der Waals surface area (Å²) in [6.07, 6.45) is 4.62. The number of rotatable bonds is 3. The Kier molecular flexibility index (Phi) is 4.65. The van der Waals surface area contributed by atoms with Gasteiger partial charge in [0, 0.05) is 17.4 Å². The molecule has 0 unspecified atom stereocenters. The van der Waals surface area contributed by atoms with E-state index in [1.165, 1.54) is 10.9 Å². The van der Waals surface area contributed by atoms with Gasteiger partial charge in [-0.05, 0) is 23.8 Å². The topological polar surface area (TPSA) is 38.1 Å². The number of anilines is 1. The molecule has 0 N–H and O–H groups in total. The Morgan fingerprint density at radius 1 is 1.13 bits per heavy atom. The van der Waals surface area contributed by atoms with Crippen molar-refractivity contribution >= 4 is 34.9 Å². The molecule has 0 aliphatic rings. The molecule has 6 heteroatoms. The molecule has 116 valence electrons. The van der Waals surface area contributed by atoms with E-state index in [0.29, 0.717) is 22.3 Å². The molecule has 1 amide bonds. The highest BCUT2D eigenvalue weighted by molar-refractivity contribution is 6.36. The number of nitrogens with zero attached hydrogens (tertiary/aromatic N) is 3. The summed E-state index contributed by atoms with van der Waals surface area (Å²) in [7, 11) is 0. The predicted molar refractivity (Wildman–Crippen MR) is 92.1 cm³/mol. The lowest BCUT2D eigenvalue weighted by molar-refractivity contribution is 0.247. The van der Waals surface area contributed by atoms with Crippen LogP contribution in [0, 0.1) is 0 Å². The summed E-state index contributed by atoms with van der Waals surface area (Å²) in [6, 6.07) is 14.5. The average molecular weight is 346 g/mol. The SMILES string of the molecule is O=C(N(Cc1ccccc1)c1ccc(Cl)cc1Cl)n1ccnc1. The lowest BCUT2D eigenvalue weighted by atomic mass is 10.2. The van der Waals surface area contributed by atoms with Gasteiger partial charge in [0.15, 0.2) is 0 Å². The third-order valence-corrected chi connectivity index (χ3v) is 3.88. The highest BCUT2D eigenvalue weighted by atomic mass is 35.5. The van der Waals surface area contributed by atoms with E-state index >= 15 is 0 Å². The van der Waals surface area contributed by atoms with E-state index in [2.05, 4.69) is 4.98 Å². The normalized spacial score (nSPS) is 10.5. The van der Waals surface area contributed by atoms with Crippen molar-refractivity contribution in [2.24, 2.45) is 0 Å². The van der Waals surface area contributed by atoms with E-state index < -0.39 is 0 Å². The van der Waals surface area contributed by atoms with Gasteiger partial charge in [-0.15, -0.1) is 0 Å². The zero-order chi connectivity index (χ0) is 16.2. The number of amides is 1. The van der Waals surface area contributed by atoms with E-state index in [4.69, 9.17) is 23.2 Å². The molecule has 3 rings (SSSR count). The maximum absolute atomic E-state index is 12.8. The standard InChI is InChI=1S/C17H13Cl2N3O/c18-14-6-7-16(15(19)10-14)22(11-13-4-2-1-3-5-13)17(23)21-9-8-20-12-21/h1-10,12H,11H2. The molecule has 2 aromatic carbocycles. The predicted octanol–water partition coefficient (Wildman–Crippen LogP) is 4.86. The third-order valence-electron chi connectivity index (χ3n) is 3.34. The van der Waals surface area contributed by atoms with Crippen LogP contribution in [0.15, 0.2) is 67.3 Å². The van der Waals surface area contributed by atoms with E-state index in [9.17, 15) is 4.79 Å². The lowest BCUT2D eigenvalue weighted by Crippen LogP contribution is -2.33. The molecule has 0 atom stereocenters. The molecule has 0 saturated carbocycles. The van der Waals surface area contributed by atoms with Crippen LogP contribution in [-0.2, 0) is 6.54 Å². The largest absolute Gasteiger partial charge is 0.334 e. The van der Waals surface area contributed by atoms with Crippen LogP contribution in [0.2, 0.25) is 10.0 Å². The number of carbonyl (C=O) groups is 1. The monoisotopic (exact) mass is 345 g/mol. The molecule has 3 aromatic rings. The van der Waals surface area contributed by atoms with Crippen LogP contribution in [-0.4, -0.2) is 15.6 Å². The minimum absolute atomic E-state index is 0.240. The van der Waals surface area contributed by atoms with Gasteiger partial charge in [-0.2, -0.15) is 0 Å². The Balaban J connectivity index is 2.00. The van der Waals surface area contributed by atoms with Crippen LogP contribution in [0.25, 0.3) is 0 Å². The first kappa shape index (κ1) is 15.6. The highest BCUT2D eigenvalue weighted by Gasteiger charge is 2.20. The molecule has 0 spiro atoms. The maximum Gasteiger partial charge on any atom is 0.334 e. The summed E-state index contributed by atoms with van der Waals surface area (Å²) in [6.45, 7) is 0.388. The number of halogens is 2. The molecule has 0 fully saturated rings. The van der Waals surface area contributed by atoms with Crippen LogP contribution < -0.4 is 4.90 Å². The fourth-order valence-corrected chi connectivity index (χ4v) is 2.74. The fraction of sp³-hybridized carbons (Fsp3) is 0.0588. The Labute approximate surface area is 143 Å². The second kappa shape index (κ2) is 6.86. The van der Waals surface area contributed by atoms with Crippen LogP contribution >= 0.6 is 23.2 Å². The summed E-state index contributed by atoms with van der Waals surface area (Å²) in [4.78, 5) is 18.3. The van der Waals surface area contributed by atoms with Gasteiger partial charge in [-0.25, -0.2) is 9.78 Å². The number of carbonyl (C=O) groups excluding carboxylic acids is 1. The Morgan fingerprint density at radius 3 is 2.57 bits per heavy atom. The first-order valence-electron chi connectivity index (χ1n) is 6.94. The van der Waals surface area contributed by atoms with E-state index in [-0.39, 0.29) is 6.03 Å². The van der Waals surface area contributed by atoms with Crippen LogP contribution in [0.1, 0.15) is 5.56 Å². The summed E-state index contributed by atoms with van der Waals surface area (Å²) in [5.74, 6) is 0. The molecular weight excluding hydrogens is 333 g/mol. The number of imidazole rings is 1. The first-order chi connectivity index (χ1) is 11.1. The van der Waals surface area contributed by atoms with E-state index in [0.717, 1.165) is 5.56 Å². The van der Waals surface area contributed by atoms with E-state index in [1.54, 1.807) is 35.5 Å². The minimum Gasteiger partial charge on any atom is -0.288 e. The third kappa shape index (κ3) is 3.55. The van der Waals surface area contributed by atoms with Crippen molar-refractivity contribution in [1.29, 1.82) is 0 Å². The zero-order valence-corrected chi connectivity index (χ0v) is 13.6. The van der Waals surface area contributed by atoms with Gasteiger partial charge in [-0.3, -0.25) is 9.47 Å². The Morgan fingerprint density at radius 2 is 1.91 bits per heavy atom. The number of aromatic nitrogens is 2. The molecule has 4 nitrogen and oxygen atoms in total. The van der Waals surface area contributed by atoms with Crippen LogP contribution in [0.5, 0.6) is 0 Å². The molecule has 1 aromatic heterocycles. The number of hydrogen-bond acceptors (Lipinski definition) is 2. The quantitative estimate of drug-likeness (QED) is 0.679. The Hall–Kier alpha value is -2.30. The van der Waals surface area contributed by atoms with Gasteiger partial charge in [0.25, 0.3) is 0 Å². The molecule has 1 heterocycles. The molecule has 23 heavy (non-hydrogen) atoms. The van der Waals surface area contributed by atoms with Crippen LogP contribution in [0.3, 0.4) is 0 Å². The van der Waals surface area contributed by atoms with E-state index in [1.807, 2.05) is 30.3 Å². The van der Waals surface area contributed by atoms with Crippen LogP contribution in [0.4, 0.5) is 10.5 Å². The molecule has 0 bridgehead atoms. The molecule has 0 radical (unpaired) electrons. The lowest BCUT2D eigenvalue weighted by Gasteiger charge is -2.24. The van der Waals surface area contributed by atoms with Crippen molar-refractivity contribution in [2.75, 3.05) is 4.90 Å². The minimum atomic E-state index is -0.240. The molecule has 0 aliphatic heterocycles. The molecule has 0 aliphatic carbocycles. The number of benzene rings is 2. The first-order valence-corrected chi connectivity index (χ1v) is 7.69. The van der Waals surface area contributed by atoms with Crippen molar-refractivity contribution in [3.8, 4) is 0 Å². The van der Waals surface area contributed by atoms with Gasteiger partial charge in [0.1, 0.15) is 6.33 Å². The zero-order valence-electron chi connectivity index (χ0n) is 12.1. The summed E-state index contributed by atoms with van der Waals surface area (Å²) >= 11 is 12.3. The van der Waals surface area contributed by atoms with Gasteiger partial charge in [-0.1, -0.05) is 53.5 Å². The smallest absolute Gasteiger partial charge is 0.288 e.